The molecule has 3 aromatic rings. The normalized spacial score (nSPS) is 13.0. The summed E-state index contributed by atoms with van der Waals surface area (Å²) in [4.78, 5) is 4.27. The number of nitrogens with one attached hydrogen (secondary N) is 1. The maximum atomic E-state index is 12.2. The number of hydrogen-bond donors (Lipinski definition) is 1. The van der Waals surface area contributed by atoms with Crippen molar-refractivity contribution in [3.8, 4) is 5.75 Å². The largest absolute Gasteiger partial charge is 0.573 e. The minimum atomic E-state index is -4.68. The molecule has 0 saturated heterocycles. The Morgan fingerprint density at radius 2 is 1.83 bits per heavy atom. The lowest BCUT2D eigenvalue weighted by Crippen LogP contribution is -2.17. The van der Waals surface area contributed by atoms with Gasteiger partial charge in [0.2, 0.25) is 0 Å². The molecule has 1 unspecified atom stereocenters. The highest BCUT2D eigenvalue weighted by Crippen LogP contribution is 2.27. The molecular formula is C17H15F3N2O2. The standard InChI is InChI=1S/C17H15F3N2O2/c1-10(12-3-6-14(7-4-12)24-17(18,19)20)21-13-5-8-16-15(9-13)22-11(2)23-16/h3-10,21H,1-2H3. The van der Waals surface area contributed by atoms with E-state index < -0.39 is 6.36 Å². The molecule has 2 aromatic carbocycles. The number of ether oxygens (including phenoxy) is 1. The molecule has 0 saturated carbocycles. The summed E-state index contributed by atoms with van der Waals surface area (Å²) in [6.07, 6.45) is -4.68. The SMILES string of the molecule is Cc1nc2cc(NC(C)c3ccc(OC(F)(F)F)cc3)ccc2o1. The summed E-state index contributed by atoms with van der Waals surface area (Å²) >= 11 is 0. The predicted molar refractivity (Wildman–Crippen MR) is 83.9 cm³/mol. The first-order valence-corrected chi connectivity index (χ1v) is 7.29. The van der Waals surface area contributed by atoms with Gasteiger partial charge in [-0.1, -0.05) is 12.1 Å². The van der Waals surface area contributed by atoms with E-state index in [1.54, 1.807) is 19.1 Å². The van der Waals surface area contributed by atoms with Crippen molar-refractivity contribution >= 4 is 16.8 Å². The Labute approximate surface area is 136 Å². The van der Waals surface area contributed by atoms with Gasteiger partial charge in [-0.05, 0) is 42.8 Å². The van der Waals surface area contributed by atoms with Gasteiger partial charge in [0.25, 0.3) is 0 Å². The number of aryl methyl sites for hydroxylation is 1. The molecule has 1 atom stereocenters. The van der Waals surface area contributed by atoms with Crippen LogP contribution in [0, 0.1) is 6.92 Å². The second kappa shape index (κ2) is 6.07. The van der Waals surface area contributed by atoms with Crippen LogP contribution in [-0.4, -0.2) is 11.3 Å². The fraction of sp³-hybridized carbons (Fsp3) is 0.235. The highest BCUT2D eigenvalue weighted by molar-refractivity contribution is 5.77. The van der Waals surface area contributed by atoms with E-state index in [-0.39, 0.29) is 11.8 Å². The van der Waals surface area contributed by atoms with E-state index in [0.29, 0.717) is 11.5 Å². The summed E-state index contributed by atoms with van der Waals surface area (Å²) in [5.74, 6) is 0.355. The van der Waals surface area contributed by atoms with Gasteiger partial charge in [-0.2, -0.15) is 0 Å². The molecule has 0 aliphatic heterocycles. The fourth-order valence-corrected chi connectivity index (χ4v) is 2.42. The molecule has 0 aliphatic carbocycles. The van der Waals surface area contributed by atoms with Gasteiger partial charge in [0.15, 0.2) is 11.5 Å². The average Bonchev–Trinajstić information content (AvgIpc) is 2.85. The van der Waals surface area contributed by atoms with E-state index in [1.807, 2.05) is 25.1 Å². The van der Waals surface area contributed by atoms with Crippen LogP contribution in [0.1, 0.15) is 24.4 Å². The monoisotopic (exact) mass is 336 g/mol. The van der Waals surface area contributed by atoms with Crippen molar-refractivity contribution in [2.24, 2.45) is 0 Å². The number of oxazole rings is 1. The number of anilines is 1. The molecule has 4 nitrogen and oxygen atoms in total. The van der Waals surface area contributed by atoms with Crippen molar-refractivity contribution in [2.45, 2.75) is 26.3 Å². The Morgan fingerprint density at radius 3 is 2.50 bits per heavy atom. The second-order valence-electron chi connectivity index (χ2n) is 5.40. The zero-order valence-electron chi connectivity index (χ0n) is 13.0. The van der Waals surface area contributed by atoms with Crippen LogP contribution >= 0.6 is 0 Å². The zero-order chi connectivity index (χ0) is 17.3. The van der Waals surface area contributed by atoms with Gasteiger partial charge < -0.3 is 14.5 Å². The number of benzene rings is 2. The van der Waals surface area contributed by atoms with Gasteiger partial charge in [-0.15, -0.1) is 13.2 Å². The number of alkyl halides is 3. The van der Waals surface area contributed by atoms with E-state index in [9.17, 15) is 13.2 Å². The summed E-state index contributed by atoms with van der Waals surface area (Å²) in [5.41, 5.74) is 3.14. The lowest BCUT2D eigenvalue weighted by atomic mass is 10.1. The third-order valence-corrected chi connectivity index (χ3v) is 3.49. The van der Waals surface area contributed by atoms with Crippen LogP contribution < -0.4 is 10.1 Å². The van der Waals surface area contributed by atoms with Crippen LogP contribution in [0.5, 0.6) is 5.75 Å². The Balaban J connectivity index is 1.72. The van der Waals surface area contributed by atoms with Crippen LogP contribution in [0.3, 0.4) is 0 Å². The number of nitrogens with zero attached hydrogens (tertiary/aromatic N) is 1. The summed E-state index contributed by atoms with van der Waals surface area (Å²) < 4.78 is 45.8. The quantitative estimate of drug-likeness (QED) is 0.711. The fourth-order valence-electron chi connectivity index (χ4n) is 2.42. The van der Waals surface area contributed by atoms with Crippen molar-refractivity contribution in [1.82, 2.24) is 4.98 Å². The van der Waals surface area contributed by atoms with E-state index in [4.69, 9.17) is 4.42 Å². The lowest BCUT2D eigenvalue weighted by molar-refractivity contribution is -0.274. The molecule has 0 aliphatic rings. The van der Waals surface area contributed by atoms with Crippen molar-refractivity contribution in [3.63, 3.8) is 0 Å². The first-order chi connectivity index (χ1) is 11.3. The van der Waals surface area contributed by atoms with Crippen LogP contribution in [0.15, 0.2) is 46.9 Å². The first kappa shape index (κ1) is 16.2. The molecule has 1 N–H and O–H groups in total. The molecule has 0 fully saturated rings. The van der Waals surface area contributed by atoms with E-state index in [1.165, 1.54) is 12.1 Å². The number of rotatable bonds is 4. The minimum Gasteiger partial charge on any atom is -0.441 e. The Kier molecular flexibility index (Phi) is 4.09. The van der Waals surface area contributed by atoms with Gasteiger partial charge in [-0.25, -0.2) is 4.98 Å². The molecule has 3 rings (SSSR count). The van der Waals surface area contributed by atoms with Gasteiger partial charge in [0.1, 0.15) is 11.3 Å². The van der Waals surface area contributed by atoms with Crippen LogP contribution in [0.2, 0.25) is 0 Å². The Bertz CT molecular complexity index is 841. The molecule has 0 bridgehead atoms. The summed E-state index contributed by atoms with van der Waals surface area (Å²) in [6.45, 7) is 3.69. The molecule has 24 heavy (non-hydrogen) atoms. The molecule has 1 aromatic heterocycles. The number of fused-ring (bicyclic) bond motifs is 1. The van der Waals surface area contributed by atoms with Crippen LogP contribution in [0.4, 0.5) is 18.9 Å². The smallest absolute Gasteiger partial charge is 0.441 e. The van der Waals surface area contributed by atoms with E-state index in [0.717, 1.165) is 16.8 Å². The van der Waals surface area contributed by atoms with E-state index in [2.05, 4.69) is 15.0 Å². The molecule has 7 heteroatoms. The third kappa shape index (κ3) is 3.79. The third-order valence-electron chi connectivity index (χ3n) is 3.49. The maximum absolute atomic E-state index is 12.2. The summed E-state index contributed by atoms with van der Waals surface area (Å²) in [6, 6.07) is 11.2. The maximum Gasteiger partial charge on any atom is 0.573 e. The van der Waals surface area contributed by atoms with Gasteiger partial charge in [-0.3, -0.25) is 0 Å². The lowest BCUT2D eigenvalue weighted by Gasteiger charge is -2.16. The molecule has 0 spiro atoms. The van der Waals surface area contributed by atoms with Gasteiger partial charge in [0, 0.05) is 18.7 Å². The first-order valence-electron chi connectivity index (χ1n) is 7.29. The van der Waals surface area contributed by atoms with Gasteiger partial charge in [0.05, 0.1) is 0 Å². The van der Waals surface area contributed by atoms with Crippen molar-refractivity contribution < 1.29 is 22.3 Å². The summed E-state index contributed by atoms with van der Waals surface area (Å²) in [7, 11) is 0. The topological polar surface area (TPSA) is 47.3 Å². The molecule has 0 amide bonds. The van der Waals surface area contributed by atoms with E-state index >= 15 is 0 Å². The number of halogens is 3. The van der Waals surface area contributed by atoms with Crippen molar-refractivity contribution in [2.75, 3.05) is 5.32 Å². The van der Waals surface area contributed by atoms with Gasteiger partial charge >= 0.3 is 6.36 Å². The highest BCUT2D eigenvalue weighted by Gasteiger charge is 2.31. The molecule has 126 valence electrons. The summed E-state index contributed by atoms with van der Waals surface area (Å²) in [5, 5.41) is 3.28. The highest BCUT2D eigenvalue weighted by atomic mass is 19.4. The molecule has 1 heterocycles. The van der Waals surface area contributed by atoms with Crippen LogP contribution in [0.25, 0.3) is 11.1 Å². The Morgan fingerprint density at radius 1 is 1.12 bits per heavy atom. The number of aromatic nitrogens is 1. The molecular weight excluding hydrogens is 321 g/mol. The zero-order valence-corrected chi connectivity index (χ0v) is 13.0. The van der Waals surface area contributed by atoms with Crippen molar-refractivity contribution in [3.05, 3.63) is 53.9 Å². The average molecular weight is 336 g/mol. The van der Waals surface area contributed by atoms with Crippen molar-refractivity contribution in [1.29, 1.82) is 0 Å². The minimum absolute atomic E-state index is 0.101. The van der Waals surface area contributed by atoms with Crippen LogP contribution in [-0.2, 0) is 0 Å². The second-order valence-corrected chi connectivity index (χ2v) is 5.40. The Hall–Kier alpha value is -2.70. The number of hydrogen-bond acceptors (Lipinski definition) is 4. The molecule has 0 radical (unpaired) electrons. The predicted octanol–water partition coefficient (Wildman–Crippen LogP) is 5.21.